The summed E-state index contributed by atoms with van der Waals surface area (Å²) in [4.78, 5) is 5.43. The lowest BCUT2D eigenvalue weighted by Gasteiger charge is -2.17. The van der Waals surface area contributed by atoms with Gasteiger partial charge in [0.25, 0.3) is 0 Å². The van der Waals surface area contributed by atoms with E-state index in [2.05, 4.69) is 5.16 Å². The minimum atomic E-state index is -3.51. The maximum atomic E-state index is 12.4. The monoisotopic (exact) mass is 300 g/mol. The van der Waals surface area contributed by atoms with E-state index in [0.29, 0.717) is 19.5 Å². The number of nitrogens with zero attached hydrogens (tertiary/aromatic N) is 2. The normalized spacial score (nSPS) is 24.9. The van der Waals surface area contributed by atoms with Crippen LogP contribution in [-0.2, 0) is 21.4 Å². The van der Waals surface area contributed by atoms with Crippen molar-refractivity contribution in [3.05, 3.63) is 28.8 Å². The van der Waals surface area contributed by atoms with Gasteiger partial charge in [0.2, 0.25) is 10.0 Å². The second-order valence-corrected chi connectivity index (χ2v) is 7.07. The smallest absolute Gasteiger partial charge is 0.245 e. The molecule has 2 aliphatic heterocycles. The summed E-state index contributed by atoms with van der Waals surface area (Å²) < 4.78 is 26.3. The third kappa shape index (κ3) is 2.13. The zero-order valence-electron chi connectivity index (χ0n) is 10.3. The fourth-order valence-corrected chi connectivity index (χ4v) is 4.62. The molecule has 0 spiro atoms. The van der Waals surface area contributed by atoms with Crippen LogP contribution in [0.5, 0.6) is 0 Å². The molecule has 19 heavy (non-hydrogen) atoms. The highest BCUT2D eigenvalue weighted by Gasteiger charge is 2.38. The second kappa shape index (κ2) is 4.47. The van der Waals surface area contributed by atoms with E-state index in [1.165, 1.54) is 4.31 Å². The van der Waals surface area contributed by atoms with E-state index < -0.39 is 10.0 Å². The molecule has 5 nitrogen and oxygen atoms in total. The van der Waals surface area contributed by atoms with Crippen LogP contribution in [0.4, 0.5) is 0 Å². The molecule has 0 aliphatic carbocycles. The number of rotatable bonds is 2. The van der Waals surface area contributed by atoms with Gasteiger partial charge in [-0.3, -0.25) is 0 Å². The van der Waals surface area contributed by atoms with Crippen LogP contribution < -0.4 is 0 Å². The van der Waals surface area contributed by atoms with Gasteiger partial charge in [-0.15, -0.1) is 0 Å². The summed E-state index contributed by atoms with van der Waals surface area (Å²) in [6.07, 6.45) is 0.457. The zero-order chi connectivity index (χ0) is 13.6. The number of hydrogen-bond acceptors (Lipinski definition) is 4. The fourth-order valence-electron chi connectivity index (χ4n) is 2.43. The molecule has 2 heterocycles. The second-order valence-electron chi connectivity index (χ2n) is 4.78. The molecule has 3 rings (SSSR count). The van der Waals surface area contributed by atoms with Gasteiger partial charge in [0, 0.05) is 13.0 Å². The van der Waals surface area contributed by atoms with Crippen molar-refractivity contribution < 1.29 is 13.3 Å². The van der Waals surface area contributed by atoms with E-state index in [4.69, 9.17) is 16.4 Å². The first-order chi connectivity index (χ1) is 8.98. The van der Waals surface area contributed by atoms with Gasteiger partial charge in [-0.1, -0.05) is 28.9 Å². The summed E-state index contributed by atoms with van der Waals surface area (Å²) in [5.74, 6) is 0. The van der Waals surface area contributed by atoms with Crippen LogP contribution in [-0.4, -0.2) is 31.1 Å². The predicted octanol–water partition coefficient (Wildman–Crippen LogP) is 2.01. The van der Waals surface area contributed by atoms with Crippen molar-refractivity contribution in [2.45, 2.75) is 30.9 Å². The predicted molar refractivity (Wildman–Crippen MR) is 71.6 cm³/mol. The number of halogens is 1. The lowest BCUT2D eigenvalue weighted by molar-refractivity contribution is 0.0702. The number of fused-ring (bicyclic) bond motifs is 1. The van der Waals surface area contributed by atoms with Gasteiger partial charge in [-0.2, -0.15) is 4.31 Å². The van der Waals surface area contributed by atoms with E-state index in [0.717, 1.165) is 11.3 Å². The van der Waals surface area contributed by atoms with Crippen LogP contribution in [0.25, 0.3) is 0 Å². The van der Waals surface area contributed by atoms with Gasteiger partial charge in [-0.25, -0.2) is 8.42 Å². The van der Waals surface area contributed by atoms with Crippen molar-refractivity contribution in [3.8, 4) is 0 Å². The van der Waals surface area contributed by atoms with E-state index in [9.17, 15) is 8.42 Å². The Labute approximate surface area is 116 Å². The fraction of sp³-hybridized carbons (Fsp3) is 0.417. The van der Waals surface area contributed by atoms with Gasteiger partial charge >= 0.3 is 0 Å². The first kappa shape index (κ1) is 12.9. The topological polar surface area (TPSA) is 59.0 Å². The molecule has 1 unspecified atom stereocenters. The van der Waals surface area contributed by atoms with Crippen molar-refractivity contribution >= 4 is 27.3 Å². The number of benzene rings is 1. The van der Waals surface area contributed by atoms with Crippen LogP contribution in [0.1, 0.15) is 18.9 Å². The summed E-state index contributed by atoms with van der Waals surface area (Å²) >= 11 is 6.00. The molecule has 1 atom stereocenters. The molecule has 0 radical (unpaired) electrons. The molecule has 1 aromatic carbocycles. The molecule has 0 aromatic heterocycles. The van der Waals surface area contributed by atoms with Gasteiger partial charge in [0.15, 0.2) is 0 Å². The largest absolute Gasteiger partial charge is 0.391 e. The number of oxime groups is 1. The van der Waals surface area contributed by atoms with Gasteiger partial charge in [0.05, 0.1) is 17.3 Å². The Morgan fingerprint density at radius 3 is 2.95 bits per heavy atom. The average Bonchev–Trinajstić information content (AvgIpc) is 2.83. The summed E-state index contributed by atoms with van der Waals surface area (Å²) in [5, 5.41) is 4.12. The minimum Gasteiger partial charge on any atom is -0.391 e. The first-order valence-corrected chi connectivity index (χ1v) is 7.77. The summed E-state index contributed by atoms with van der Waals surface area (Å²) in [5.41, 5.74) is 1.63. The summed E-state index contributed by atoms with van der Waals surface area (Å²) in [6, 6.07) is 5.15. The summed E-state index contributed by atoms with van der Waals surface area (Å²) in [7, 11) is -3.51. The highest BCUT2D eigenvalue weighted by atomic mass is 35.5. The van der Waals surface area contributed by atoms with Crippen LogP contribution in [0, 0.1) is 0 Å². The maximum absolute atomic E-state index is 12.4. The Bertz CT molecular complexity index is 657. The molecular formula is C12H13ClN2O3S. The molecule has 102 valence electrons. The quantitative estimate of drug-likeness (QED) is 0.839. The maximum Gasteiger partial charge on any atom is 0.245 e. The van der Waals surface area contributed by atoms with Gasteiger partial charge < -0.3 is 4.84 Å². The Kier molecular flexibility index (Phi) is 3.03. The van der Waals surface area contributed by atoms with Crippen LogP contribution in [0.15, 0.2) is 28.3 Å². The minimum absolute atomic E-state index is 0.206. The molecule has 1 aromatic rings. The molecule has 0 N–H and O–H groups in total. The molecule has 0 saturated carbocycles. The Hall–Kier alpha value is -1.11. The van der Waals surface area contributed by atoms with E-state index >= 15 is 0 Å². The Morgan fingerprint density at radius 1 is 1.53 bits per heavy atom. The highest BCUT2D eigenvalue weighted by molar-refractivity contribution is 7.89. The third-order valence-corrected chi connectivity index (χ3v) is 5.66. The van der Waals surface area contributed by atoms with Crippen molar-refractivity contribution in [2.75, 3.05) is 6.54 Å². The van der Waals surface area contributed by atoms with Crippen molar-refractivity contribution in [1.82, 2.24) is 4.31 Å². The SMILES string of the molecule is CC1=NOC(CN2Cc3cccc(Cl)c3S2(=O)=O)C1. The molecule has 0 amide bonds. The number of sulfonamides is 1. The molecular weight excluding hydrogens is 288 g/mol. The van der Waals surface area contributed by atoms with Crippen molar-refractivity contribution in [1.29, 1.82) is 0 Å². The molecule has 0 fully saturated rings. The van der Waals surface area contributed by atoms with E-state index in [1.54, 1.807) is 18.2 Å². The van der Waals surface area contributed by atoms with Crippen molar-refractivity contribution in [3.63, 3.8) is 0 Å². The van der Waals surface area contributed by atoms with Crippen molar-refractivity contribution in [2.24, 2.45) is 5.16 Å². The first-order valence-electron chi connectivity index (χ1n) is 5.95. The van der Waals surface area contributed by atoms with Crippen LogP contribution in [0.2, 0.25) is 5.02 Å². The van der Waals surface area contributed by atoms with E-state index in [1.807, 2.05) is 6.92 Å². The average molecular weight is 301 g/mol. The van der Waals surface area contributed by atoms with Crippen LogP contribution in [0.3, 0.4) is 0 Å². The Balaban J connectivity index is 1.86. The number of hydrogen-bond donors (Lipinski definition) is 0. The zero-order valence-corrected chi connectivity index (χ0v) is 11.9. The van der Waals surface area contributed by atoms with Gasteiger partial charge in [0.1, 0.15) is 11.0 Å². The van der Waals surface area contributed by atoms with Gasteiger partial charge in [-0.05, 0) is 18.6 Å². The lowest BCUT2D eigenvalue weighted by Crippen LogP contribution is -2.33. The standard InChI is InChI=1S/C12H13ClN2O3S/c1-8-5-10(18-14-8)7-15-6-9-3-2-4-11(13)12(9)19(15,16)17/h2-4,10H,5-7H2,1H3. The molecule has 7 heteroatoms. The van der Waals surface area contributed by atoms with Crippen LogP contribution >= 0.6 is 11.6 Å². The van der Waals surface area contributed by atoms with E-state index in [-0.39, 0.29) is 16.0 Å². The highest BCUT2D eigenvalue weighted by Crippen LogP contribution is 2.36. The molecule has 0 saturated heterocycles. The third-order valence-electron chi connectivity index (χ3n) is 3.28. The summed E-state index contributed by atoms with van der Waals surface area (Å²) in [6.45, 7) is 2.51. The molecule has 0 bridgehead atoms. The lowest BCUT2D eigenvalue weighted by atomic mass is 10.2. The molecule has 2 aliphatic rings. The Morgan fingerprint density at radius 2 is 2.32 bits per heavy atom.